The maximum absolute atomic E-state index is 6.15. The third-order valence-electron chi connectivity index (χ3n) is 4.94. The zero-order valence-electron chi connectivity index (χ0n) is 15.5. The van der Waals surface area contributed by atoms with E-state index in [1.54, 1.807) is 0 Å². The predicted octanol–water partition coefficient (Wildman–Crippen LogP) is 4.57. The summed E-state index contributed by atoms with van der Waals surface area (Å²) in [5.74, 6) is 0.642. The summed E-state index contributed by atoms with van der Waals surface area (Å²) in [6.07, 6.45) is 6.19. The van der Waals surface area contributed by atoms with E-state index in [-0.39, 0.29) is 0 Å². The van der Waals surface area contributed by atoms with Crippen molar-refractivity contribution < 1.29 is 0 Å². The minimum Gasteiger partial charge on any atom is -0.366 e. The van der Waals surface area contributed by atoms with Crippen LogP contribution in [0.1, 0.15) is 12.5 Å². The summed E-state index contributed by atoms with van der Waals surface area (Å²) < 4.78 is 0. The van der Waals surface area contributed by atoms with Crippen molar-refractivity contribution >= 4 is 17.2 Å². The molecule has 2 aromatic rings. The molecule has 0 saturated heterocycles. The van der Waals surface area contributed by atoms with Crippen molar-refractivity contribution in [1.82, 2.24) is 14.8 Å². The van der Waals surface area contributed by atoms with Crippen molar-refractivity contribution in [3.8, 4) is 11.1 Å². The highest BCUT2D eigenvalue weighted by Crippen LogP contribution is 2.45. The van der Waals surface area contributed by atoms with E-state index in [1.807, 2.05) is 30.6 Å². The first-order valence-electron chi connectivity index (χ1n) is 9.07. The molecule has 0 spiro atoms. The first kappa shape index (κ1) is 17.3. The van der Waals surface area contributed by atoms with Crippen LogP contribution >= 0.6 is 11.6 Å². The van der Waals surface area contributed by atoms with Crippen molar-refractivity contribution in [3.05, 3.63) is 70.7 Å². The number of halogens is 1. The molecule has 0 N–H and O–H groups in total. The third-order valence-corrected chi connectivity index (χ3v) is 5.18. The summed E-state index contributed by atoms with van der Waals surface area (Å²) >= 11 is 6.15. The SMILES string of the molecule is CC(CN(C)C)CN1CC(c2cncc(-c3cccc(Cl)c3)c2)=C2C=C21. The highest BCUT2D eigenvalue weighted by Gasteiger charge is 2.35. The summed E-state index contributed by atoms with van der Waals surface area (Å²) in [5.41, 5.74) is 7.65. The predicted molar refractivity (Wildman–Crippen MR) is 109 cm³/mol. The lowest BCUT2D eigenvalue weighted by atomic mass is 10.0. The summed E-state index contributed by atoms with van der Waals surface area (Å²) in [6.45, 7) is 5.51. The number of hydrogen-bond donors (Lipinski definition) is 0. The number of rotatable bonds is 6. The van der Waals surface area contributed by atoms with Crippen LogP contribution in [0.3, 0.4) is 0 Å². The molecule has 0 fully saturated rings. The zero-order chi connectivity index (χ0) is 18.3. The van der Waals surface area contributed by atoms with Crippen LogP contribution in [0.5, 0.6) is 0 Å². The van der Waals surface area contributed by atoms with Gasteiger partial charge in [0.05, 0.1) is 0 Å². The van der Waals surface area contributed by atoms with E-state index in [4.69, 9.17) is 11.6 Å². The molecule has 0 amide bonds. The van der Waals surface area contributed by atoms with Gasteiger partial charge in [-0.15, -0.1) is 0 Å². The van der Waals surface area contributed by atoms with Gasteiger partial charge in [-0.1, -0.05) is 30.7 Å². The standard InChI is InChI=1S/C22H24ClN3/c1-15(12-25(2)3)13-26-14-21(20-9-22(20)26)18-7-17(10-24-11-18)16-5-4-6-19(23)8-16/h4-11,15H,12-14H2,1-3H3. The fraction of sp³-hybridized carbons (Fsp3) is 0.318. The molecule has 1 aliphatic heterocycles. The second kappa shape index (κ2) is 6.90. The van der Waals surface area contributed by atoms with E-state index >= 15 is 0 Å². The molecule has 1 aliphatic carbocycles. The Labute approximate surface area is 160 Å². The molecule has 2 heterocycles. The first-order valence-corrected chi connectivity index (χ1v) is 9.45. The van der Waals surface area contributed by atoms with Crippen LogP contribution in [0.25, 0.3) is 16.7 Å². The molecule has 3 nitrogen and oxygen atoms in total. The number of benzene rings is 1. The van der Waals surface area contributed by atoms with Gasteiger partial charge in [0.1, 0.15) is 0 Å². The van der Waals surface area contributed by atoms with Crippen molar-refractivity contribution in [1.29, 1.82) is 0 Å². The number of aromatic nitrogens is 1. The van der Waals surface area contributed by atoms with Gasteiger partial charge in [-0.3, -0.25) is 4.98 Å². The number of hydrogen-bond acceptors (Lipinski definition) is 3. The van der Waals surface area contributed by atoms with Crippen molar-refractivity contribution in [3.63, 3.8) is 0 Å². The lowest BCUT2D eigenvalue weighted by molar-refractivity contribution is 0.277. The Morgan fingerprint density at radius 3 is 2.73 bits per heavy atom. The van der Waals surface area contributed by atoms with E-state index in [0.717, 1.165) is 35.8 Å². The Morgan fingerprint density at radius 1 is 1.15 bits per heavy atom. The molecule has 1 atom stereocenters. The average molecular weight is 366 g/mol. The Bertz CT molecular complexity index is 898. The Hall–Kier alpha value is -2.10. The molecule has 0 radical (unpaired) electrons. The fourth-order valence-electron chi connectivity index (χ4n) is 3.86. The minimum absolute atomic E-state index is 0.642. The zero-order valence-corrected chi connectivity index (χ0v) is 16.3. The van der Waals surface area contributed by atoms with E-state index in [0.29, 0.717) is 5.92 Å². The molecular formula is C22H24ClN3. The number of fused-ring (bicyclic) bond motifs is 1. The van der Waals surface area contributed by atoms with Crippen LogP contribution in [0.2, 0.25) is 5.02 Å². The normalized spacial score (nSPS) is 16.8. The first-order chi connectivity index (χ1) is 12.5. The summed E-state index contributed by atoms with van der Waals surface area (Å²) in [6, 6.07) is 10.2. The van der Waals surface area contributed by atoms with Gasteiger partial charge < -0.3 is 9.80 Å². The van der Waals surface area contributed by atoms with E-state index in [9.17, 15) is 0 Å². The van der Waals surface area contributed by atoms with Gasteiger partial charge in [0.25, 0.3) is 0 Å². The topological polar surface area (TPSA) is 19.4 Å². The lowest BCUT2D eigenvalue weighted by Gasteiger charge is -2.25. The fourth-order valence-corrected chi connectivity index (χ4v) is 4.05. The molecule has 4 rings (SSSR count). The molecule has 26 heavy (non-hydrogen) atoms. The highest BCUT2D eigenvalue weighted by molar-refractivity contribution is 6.30. The lowest BCUT2D eigenvalue weighted by Crippen LogP contribution is -2.30. The van der Waals surface area contributed by atoms with Crippen LogP contribution in [0, 0.1) is 5.92 Å². The van der Waals surface area contributed by atoms with Gasteiger partial charge in [-0.2, -0.15) is 0 Å². The van der Waals surface area contributed by atoms with E-state index < -0.39 is 0 Å². The van der Waals surface area contributed by atoms with E-state index in [1.165, 1.54) is 22.4 Å². The van der Waals surface area contributed by atoms with Crippen LogP contribution in [0.15, 0.2) is 60.1 Å². The Kier molecular flexibility index (Phi) is 4.60. The van der Waals surface area contributed by atoms with Gasteiger partial charge in [0, 0.05) is 53.9 Å². The summed E-state index contributed by atoms with van der Waals surface area (Å²) in [7, 11) is 4.28. The van der Waals surface area contributed by atoms with Crippen LogP contribution in [0.4, 0.5) is 0 Å². The average Bonchev–Trinajstić information content (AvgIpc) is 3.31. The Morgan fingerprint density at radius 2 is 1.96 bits per heavy atom. The number of allylic oxidation sites excluding steroid dienone is 2. The van der Waals surface area contributed by atoms with Gasteiger partial charge in [-0.25, -0.2) is 0 Å². The number of nitrogens with zero attached hydrogens (tertiary/aromatic N) is 3. The molecule has 134 valence electrons. The largest absolute Gasteiger partial charge is 0.366 e. The van der Waals surface area contributed by atoms with Gasteiger partial charge in [-0.05, 0) is 61.0 Å². The van der Waals surface area contributed by atoms with Crippen molar-refractivity contribution in [2.24, 2.45) is 5.92 Å². The molecule has 4 heteroatoms. The van der Waals surface area contributed by atoms with Crippen LogP contribution in [-0.4, -0.2) is 48.5 Å². The Balaban J connectivity index is 1.52. The van der Waals surface area contributed by atoms with Crippen LogP contribution < -0.4 is 0 Å². The second-order valence-corrected chi connectivity index (χ2v) is 8.08. The maximum Gasteiger partial charge on any atom is 0.0454 e. The minimum atomic E-state index is 0.642. The maximum atomic E-state index is 6.15. The molecule has 1 aromatic carbocycles. The molecular weight excluding hydrogens is 342 g/mol. The van der Waals surface area contributed by atoms with Gasteiger partial charge >= 0.3 is 0 Å². The van der Waals surface area contributed by atoms with Gasteiger partial charge in [0.15, 0.2) is 0 Å². The second-order valence-electron chi connectivity index (χ2n) is 7.64. The molecule has 1 unspecified atom stereocenters. The summed E-state index contributed by atoms with van der Waals surface area (Å²) in [5, 5.41) is 0.753. The molecule has 1 aromatic heterocycles. The van der Waals surface area contributed by atoms with E-state index in [2.05, 4.69) is 54.0 Å². The van der Waals surface area contributed by atoms with Crippen molar-refractivity contribution in [2.45, 2.75) is 6.92 Å². The van der Waals surface area contributed by atoms with Crippen molar-refractivity contribution in [2.75, 3.05) is 33.7 Å². The highest BCUT2D eigenvalue weighted by atomic mass is 35.5. The monoisotopic (exact) mass is 365 g/mol. The van der Waals surface area contributed by atoms with Gasteiger partial charge in [0.2, 0.25) is 0 Å². The quantitative estimate of drug-likeness (QED) is 0.747. The third kappa shape index (κ3) is 3.55. The molecule has 2 aliphatic rings. The van der Waals surface area contributed by atoms with Crippen LogP contribution in [-0.2, 0) is 0 Å². The molecule has 0 bridgehead atoms. The number of pyridine rings is 1. The molecule has 0 saturated carbocycles. The summed E-state index contributed by atoms with van der Waals surface area (Å²) in [4.78, 5) is 9.25. The smallest absolute Gasteiger partial charge is 0.0454 e.